The molecule has 0 N–H and O–H groups in total. The quantitative estimate of drug-likeness (QED) is 0.621. The molecule has 7 nitrogen and oxygen atoms in total. The SMILES string of the molecule is CCOc1ccc(S(=O)(=O)N2CCN(CCOc3ccc(OC)cc3)CC2)cc1. The van der Waals surface area contributed by atoms with Crippen LogP contribution in [0, 0.1) is 0 Å². The first kappa shape index (κ1) is 21.4. The van der Waals surface area contributed by atoms with Crippen molar-refractivity contribution in [3.8, 4) is 17.2 Å². The Morgan fingerprint density at radius 2 is 1.38 bits per heavy atom. The van der Waals surface area contributed by atoms with E-state index in [9.17, 15) is 8.42 Å². The molecule has 29 heavy (non-hydrogen) atoms. The summed E-state index contributed by atoms with van der Waals surface area (Å²) in [6.07, 6.45) is 0. The number of hydrogen-bond acceptors (Lipinski definition) is 6. The smallest absolute Gasteiger partial charge is 0.243 e. The van der Waals surface area contributed by atoms with Gasteiger partial charge in [0.05, 0.1) is 18.6 Å². The highest BCUT2D eigenvalue weighted by Crippen LogP contribution is 2.21. The van der Waals surface area contributed by atoms with Gasteiger partial charge in [0.1, 0.15) is 23.9 Å². The highest BCUT2D eigenvalue weighted by atomic mass is 32.2. The van der Waals surface area contributed by atoms with Gasteiger partial charge >= 0.3 is 0 Å². The van der Waals surface area contributed by atoms with E-state index in [4.69, 9.17) is 14.2 Å². The molecule has 1 heterocycles. The van der Waals surface area contributed by atoms with Crippen LogP contribution in [0.15, 0.2) is 53.4 Å². The molecule has 0 bridgehead atoms. The van der Waals surface area contributed by atoms with Crippen molar-refractivity contribution in [3.63, 3.8) is 0 Å². The van der Waals surface area contributed by atoms with Gasteiger partial charge in [-0.05, 0) is 55.5 Å². The molecule has 3 rings (SSSR count). The predicted molar refractivity (Wildman–Crippen MR) is 111 cm³/mol. The van der Waals surface area contributed by atoms with E-state index in [0.29, 0.717) is 50.0 Å². The average Bonchev–Trinajstić information content (AvgIpc) is 2.75. The largest absolute Gasteiger partial charge is 0.497 e. The lowest BCUT2D eigenvalue weighted by atomic mass is 10.3. The summed E-state index contributed by atoms with van der Waals surface area (Å²) in [5, 5.41) is 0. The first-order valence-corrected chi connectivity index (χ1v) is 11.2. The zero-order valence-corrected chi connectivity index (χ0v) is 17.7. The Kier molecular flexibility index (Phi) is 7.35. The molecule has 0 atom stereocenters. The van der Waals surface area contributed by atoms with E-state index in [0.717, 1.165) is 18.0 Å². The van der Waals surface area contributed by atoms with Gasteiger partial charge in [0.15, 0.2) is 0 Å². The lowest BCUT2D eigenvalue weighted by Gasteiger charge is -2.33. The monoisotopic (exact) mass is 420 g/mol. The van der Waals surface area contributed by atoms with Crippen LogP contribution in [0.2, 0.25) is 0 Å². The molecule has 0 saturated carbocycles. The van der Waals surface area contributed by atoms with Crippen LogP contribution in [0.5, 0.6) is 17.2 Å². The van der Waals surface area contributed by atoms with E-state index in [-0.39, 0.29) is 0 Å². The van der Waals surface area contributed by atoms with E-state index < -0.39 is 10.0 Å². The van der Waals surface area contributed by atoms with Crippen LogP contribution in [0.1, 0.15) is 6.92 Å². The average molecular weight is 421 g/mol. The second kappa shape index (κ2) is 9.96. The summed E-state index contributed by atoms with van der Waals surface area (Å²) in [4.78, 5) is 2.52. The molecule has 1 aliphatic rings. The normalized spacial score (nSPS) is 15.8. The number of hydrogen-bond donors (Lipinski definition) is 0. The highest BCUT2D eigenvalue weighted by Gasteiger charge is 2.28. The van der Waals surface area contributed by atoms with Crippen molar-refractivity contribution in [2.45, 2.75) is 11.8 Å². The maximum Gasteiger partial charge on any atom is 0.243 e. The Labute approximate surface area is 172 Å². The van der Waals surface area contributed by atoms with Gasteiger partial charge in [-0.2, -0.15) is 4.31 Å². The molecular formula is C21H28N2O5S. The maximum absolute atomic E-state index is 12.8. The van der Waals surface area contributed by atoms with Crippen molar-refractivity contribution < 1.29 is 22.6 Å². The summed E-state index contributed by atoms with van der Waals surface area (Å²) in [5.74, 6) is 2.26. The molecule has 1 saturated heterocycles. The third-order valence-corrected chi connectivity index (χ3v) is 6.75. The lowest BCUT2D eigenvalue weighted by molar-refractivity contribution is 0.159. The lowest BCUT2D eigenvalue weighted by Crippen LogP contribution is -2.49. The number of benzene rings is 2. The van der Waals surface area contributed by atoms with Gasteiger partial charge in [-0.3, -0.25) is 4.90 Å². The van der Waals surface area contributed by atoms with E-state index in [1.807, 2.05) is 31.2 Å². The molecule has 0 aromatic heterocycles. The summed E-state index contributed by atoms with van der Waals surface area (Å²) >= 11 is 0. The fraction of sp³-hybridized carbons (Fsp3) is 0.429. The highest BCUT2D eigenvalue weighted by molar-refractivity contribution is 7.89. The van der Waals surface area contributed by atoms with E-state index in [1.54, 1.807) is 35.7 Å². The molecule has 1 aliphatic heterocycles. The fourth-order valence-corrected chi connectivity index (χ4v) is 4.60. The van der Waals surface area contributed by atoms with Crippen molar-refractivity contribution in [2.75, 3.05) is 53.0 Å². The fourth-order valence-electron chi connectivity index (χ4n) is 3.18. The summed E-state index contributed by atoms with van der Waals surface area (Å²) in [5.41, 5.74) is 0. The molecule has 2 aromatic carbocycles. The molecule has 0 unspecified atom stereocenters. The van der Waals surface area contributed by atoms with Crippen molar-refractivity contribution in [2.24, 2.45) is 0 Å². The summed E-state index contributed by atoms with van der Waals surface area (Å²) in [6.45, 7) is 6.06. The second-order valence-electron chi connectivity index (χ2n) is 6.67. The number of rotatable bonds is 9. The van der Waals surface area contributed by atoms with Gasteiger partial charge in [0.2, 0.25) is 10.0 Å². The van der Waals surface area contributed by atoms with Crippen molar-refractivity contribution in [1.82, 2.24) is 9.21 Å². The predicted octanol–water partition coefficient (Wildman–Crippen LogP) is 2.48. The van der Waals surface area contributed by atoms with E-state index in [2.05, 4.69) is 4.90 Å². The third kappa shape index (κ3) is 5.62. The molecule has 0 amide bonds. The Hall–Kier alpha value is -2.29. The van der Waals surface area contributed by atoms with Crippen LogP contribution in [-0.4, -0.2) is 70.7 Å². The molecule has 8 heteroatoms. The Balaban J connectivity index is 1.46. The number of ether oxygens (including phenoxy) is 3. The zero-order valence-electron chi connectivity index (χ0n) is 16.9. The Bertz CT molecular complexity index is 861. The molecule has 2 aromatic rings. The molecule has 0 spiro atoms. The van der Waals surface area contributed by atoms with Crippen LogP contribution in [0.4, 0.5) is 0 Å². The minimum atomic E-state index is -3.48. The summed E-state index contributed by atoms with van der Waals surface area (Å²) in [7, 11) is -1.85. The van der Waals surface area contributed by atoms with Crippen LogP contribution >= 0.6 is 0 Å². The van der Waals surface area contributed by atoms with E-state index >= 15 is 0 Å². The van der Waals surface area contributed by atoms with Crippen LogP contribution in [0.25, 0.3) is 0 Å². The number of piperazine rings is 1. The standard InChI is InChI=1S/C21H28N2O5S/c1-3-27-19-8-10-21(11-9-19)29(24,25)23-14-12-22(13-15-23)16-17-28-20-6-4-18(26-2)5-7-20/h4-11H,3,12-17H2,1-2H3. The maximum atomic E-state index is 12.8. The van der Waals surface area contributed by atoms with Crippen LogP contribution in [0.3, 0.4) is 0 Å². The molecule has 1 fully saturated rings. The molecule has 0 radical (unpaired) electrons. The van der Waals surface area contributed by atoms with Crippen LogP contribution < -0.4 is 14.2 Å². The molecule has 0 aliphatic carbocycles. The van der Waals surface area contributed by atoms with Gasteiger partial charge in [-0.15, -0.1) is 0 Å². The Morgan fingerprint density at radius 1 is 0.828 bits per heavy atom. The third-order valence-electron chi connectivity index (χ3n) is 4.84. The van der Waals surface area contributed by atoms with Gasteiger partial charge in [-0.1, -0.05) is 0 Å². The van der Waals surface area contributed by atoms with Gasteiger partial charge in [-0.25, -0.2) is 8.42 Å². The summed E-state index contributed by atoms with van der Waals surface area (Å²) < 4.78 is 43.5. The molecular weight excluding hydrogens is 392 g/mol. The minimum Gasteiger partial charge on any atom is -0.497 e. The number of nitrogens with zero attached hydrogens (tertiary/aromatic N) is 2. The number of methoxy groups -OCH3 is 1. The number of sulfonamides is 1. The zero-order chi connectivity index (χ0) is 20.7. The van der Waals surface area contributed by atoms with Crippen molar-refractivity contribution in [1.29, 1.82) is 0 Å². The van der Waals surface area contributed by atoms with Gasteiger partial charge < -0.3 is 14.2 Å². The first-order valence-electron chi connectivity index (χ1n) is 9.75. The van der Waals surface area contributed by atoms with Crippen molar-refractivity contribution in [3.05, 3.63) is 48.5 Å². The van der Waals surface area contributed by atoms with Gasteiger partial charge in [0.25, 0.3) is 0 Å². The Morgan fingerprint density at radius 3 is 1.97 bits per heavy atom. The minimum absolute atomic E-state index is 0.303. The molecule has 158 valence electrons. The summed E-state index contributed by atoms with van der Waals surface area (Å²) in [6, 6.07) is 14.1. The van der Waals surface area contributed by atoms with Crippen LogP contribution in [-0.2, 0) is 10.0 Å². The second-order valence-corrected chi connectivity index (χ2v) is 8.61. The first-order chi connectivity index (χ1) is 14.0. The topological polar surface area (TPSA) is 68.3 Å². The van der Waals surface area contributed by atoms with Gasteiger partial charge in [0, 0.05) is 32.7 Å². The van der Waals surface area contributed by atoms with Crippen molar-refractivity contribution >= 4 is 10.0 Å². The van der Waals surface area contributed by atoms with E-state index in [1.165, 1.54) is 0 Å².